The molecule has 0 N–H and O–H groups in total. The first kappa shape index (κ1) is 68.5. The summed E-state index contributed by atoms with van der Waals surface area (Å²) >= 11 is 10.1. The molecule has 8 aromatic rings. The summed E-state index contributed by atoms with van der Waals surface area (Å²) in [4.78, 5) is 61.2. The van der Waals surface area contributed by atoms with Crippen LogP contribution in [-0.4, -0.2) is 98.0 Å². The Balaban J connectivity index is 0.000000134. The van der Waals surface area contributed by atoms with Crippen LogP contribution in [0.1, 0.15) is 65.5 Å². The van der Waals surface area contributed by atoms with Crippen molar-refractivity contribution in [1.82, 2.24) is 4.90 Å². The van der Waals surface area contributed by atoms with E-state index in [4.69, 9.17) is 59.5 Å². The first-order chi connectivity index (χ1) is 48.9. The lowest BCUT2D eigenvalue weighted by Gasteiger charge is -2.30. The summed E-state index contributed by atoms with van der Waals surface area (Å²) in [5, 5.41) is 2.44. The Morgan fingerprint density at radius 2 is 0.770 bits per heavy atom. The first-order valence-electron chi connectivity index (χ1n) is 32.4. The van der Waals surface area contributed by atoms with Gasteiger partial charge in [-0.3, -0.25) is 44.1 Å². The van der Waals surface area contributed by atoms with Crippen LogP contribution < -0.4 is 47.7 Å². The van der Waals surface area contributed by atoms with Gasteiger partial charge in [0.05, 0.1) is 59.9 Å². The molecule has 6 heterocycles. The fraction of sp³-hybridized carbons (Fsp3) is 0.221. The molecule has 17 nitrogen and oxygen atoms in total. The van der Waals surface area contributed by atoms with Gasteiger partial charge in [0.25, 0.3) is 17.7 Å². The normalized spacial score (nSPS) is 18.8. The zero-order valence-corrected chi connectivity index (χ0v) is 57.7. The lowest BCUT2D eigenvalue weighted by atomic mass is 9.94. The van der Waals surface area contributed by atoms with Gasteiger partial charge in [-0.05, 0) is 221 Å². The summed E-state index contributed by atoms with van der Waals surface area (Å²) in [5.41, 5.74) is 6.70. The van der Waals surface area contributed by atoms with Gasteiger partial charge in [0.2, 0.25) is 0 Å². The Hall–Kier alpha value is -10.0. The van der Waals surface area contributed by atoms with E-state index < -0.39 is 0 Å². The van der Waals surface area contributed by atoms with Crippen LogP contribution in [0.4, 0.5) is 20.2 Å². The number of hydrogen-bond donors (Lipinski definition) is 0. The summed E-state index contributed by atoms with van der Waals surface area (Å²) in [7, 11) is 3.28. The van der Waals surface area contributed by atoms with E-state index in [1.165, 1.54) is 70.9 Å². The van der Waals surface area contributed by atoms with Crippen LogP contribution in [0.15, 0.2) is 206 Å². The number of halogens is 3. The molecule has 1 saturated carbocycles. The fourth-order valence-corrected chi connectivity index (χ4v) is 14.6. The molecule has 7 aliphatic rings. The summed E-state index contributed by atoms with van der Waals surface area (Å²) < 4.78 is 71.0. The molecule has 4 fully saturated rings. The van der Waals surface area contributed by atoms with E-state index in [0.29, 0.717) is 124 Å². The lowest BCUT2D eigenvalue weighted by Crippen LogP contribution is -2.40. The molecule has 0 spiro atoms. The van der Waals surface area contributed by atoms with Gasteiger partial charge in [-0.15, -0.1) is 0 Å². The SMILES string of the molecule is COc1ccc(CN=C2S/C(=C\c3ccc4c(c3)OCCO4)C(=O)N2C2CCCCC2)cc1.COc1ccc(CN=C2S/C(=C\c3ccc4c(c3)OCCO4)C(=O)N2c2ccc(F)cc2)cc1.O=C1/C(=C/c2ccc3c(c2)OCCO3)SC(=NCc2ccc(F)cc2)N1c1ccc(Cl)cc1. The molecule has 15 rings (SSSR count). The van der Waals surface area contributed by atoms with Gasteiger partial charge in [-0.1, -0.05) is 85.5 Å². The van der Waals surface area contributed by atoms with Crippen LogP contribution in [-0.2, 0) is 34.0 Å². The molecule has 6 aliphatic heterocycles. The number of carbonyl (C=O) groups is 3. The monoisotopic (exact) mass is 1420 g/mol. The van der Waals surface area contributed by atoms with Crippen LogP contribution in [0, 0.1) is 11.6 Å². The number of nitrogens with zero attached hydrogens (tertiary/aromatic N) is 6. The summed E-state index contributed by atoms with van der Waals surface area (Å²) in [6.07, 6.45) is 11.2. The molecule has 8 aromatic carbocycles. The summed E-state index contributed by atoms with van der Waals surface area (Å²) in [5.74, 6) is 4.73. The molecule has 0 radical (unpaired) electrons. The molecule has 100 heavy (non-hydrogen) atoms. The minimum atomic E-state index is -0.369. The third-order valence-corrected chi connectivity index (χ3v) is 19.9. The Morgan fingerprint density at radius 3 is 1.17 bits per heavy atom. The van der Waals surface area contributed by atoms with Gasteiger partial charge < -0.3 is 37.9 Å². The minimum Gasteiger partial charge on any atom is -0.497 e. The number of benzene rings is 8. The maximum absolute atomic E-state index is 13.5. The van der Waals surface area contributed by atoms with Crippen molar-refractivity contribution in [2.75, 3.05) is 63.7 Å². The van der Waals surface area contributed by atoms with Crippen LogP contribution in [0.25, 0.3) is 18.2 Å². The highest BCUT2D eigenvalue weighted by atomic mass is 35.5. The predicted molar refractivity (Wildman–Crippen MR) is 391 cm³/mol. The van der Waals surface area contributed by atoms with Gasteiger partial charge >= 0.3 is 0 Å². The van der Waals surface area contributed by atoms with E-state index in [2.05, 4.69) is 4.99 Å². The molecule has 0 bridgehead atoms. The van der Waals surface area contributed by atoms with E-state index in [-0.39, 0.29) is 35.4 Å². The van der Waals surface area contributed by atoms with Crippen molar-refractivity contribution in [2.45, 2.75) is 57.8 Å². The number of methoxy groups -OCH3 is 2. The van der Waals surface area contributed by atoms with E-state index in [1.807, 2.05) is 120 Å². The van der Waals surface area contributed by atoms with Crippen LogP contribution in [0.3, 0.4) is 0 Å². The zero-order valence-electron chi connectivity index (χ0n) is 54.5. The Bertz CT molecular complexity index is 4510. The van der Waals surface area contributed by atoms with E-state index in [0.717, 1.165) is 87.2 Å². The van der Waals surface area contributed by atoms with Crippen molar-refractivity contribution in [3.63, 3.8) is 0 Å². The Morgan fingerprint density at radius 1 is 0.430 bits per heavy atom. The largest absolute Gasteiger partial charge is 0.497 e. The number of rotatable bonds is 14. The number of amidine groups is 3. The molecule has 0 aromatic heterocycles. The zero-order chi connectivity index (χ0) is 68.9. The second-order valence-corrected chi connectivity index (χ2v) is 26.8. The topological polar surface area (TPSA) is 172 Å². The average Bonchev–Trinajstić information content (AvgIpc) is 1.65. The third kappa shape index (κ3) is 16.8. The standard InChI is InChI=1S/C26H21FN2O4S.C26H28N2O4S.C25H18ClFN2O3S/c1-31-21-9-2-17(3-10-21)16-28-26-29(20-7-5-19(27)6-8-20)25(30)24(34-26)15-18-4-11-22-23(14-18)33-13-12-32-22;1-30-21-10-7-18(8-11-21)17-27-26-28(20-5-3-2-4-6-20)25(29)24(33-26)16-19-9-12-22-23(15-19)32-14-13-31-22;26-18-4-8-20(9-5-18)29-24(30)23(14-17-3-10-21-22(13-17)32-12-11-31-21)33-25(29)28-15-16-1-6-19(27)7-2-16/h2-11,14-15H,12-13,16H2,1H3;7-12,15-16,20H,2-6,13-14,17H2,1H3;1-10,13-14H,11-12,15H2/b24-15-,28-26?;24-16-,27-26?;23-14-,28-25?. The second kappa shape index (κ2) is 32.3. The molecule has 0 unspecified atom stereocenters. The molecule has 3 amide bonds. The van der Waals surface area contributed by atoms with Gasteiger partial charge in [0.15, 0.2) is 50.0 Å². The van der Waals surface area contributed by atoms with Crippen molar-refractivity contribution in [3.05, 3.63) is 241 Å². The Kier molecular flexibility index (Phi) is 22.2. The van der Waals surface area contributed by atoms with Crippen molar-refractivity contribution in [1.29, 1.82) is 0 Å². The second-order valence-electron chi connectivity index (χ2n) is 23.4. The maximum atomic E-state index is 13.5. The summed E-state index contributed by atoms with van der Waals surface area (Å²) in [6.45, 7) is 4.34. The van der Waals surface area contributed by atoms with Crippen molar-refractivity contribution in [2.24, 2.45) is 15.0 Å². The number of thioether (sulfide) groups is 3. The van der Waals surface area contributed by atoms with E-state index >= 15 is 0 Å². The molecule has 23 heteroatoms. The fourth-order valence-electron chi connectivity index (χ4n) is 11.5. The number of ether oxygens (including phenoxy) is 8. The number of fused-ring (bicyclic) bond motifs is 3. The number of carbonyl (C=O) groups excluding carboxylic acids is 3. The van der Waals surface area contributed by atoms with Crippen molar-refractivity contribution in [3.8, 4) is 46.0 Å². The number of aliphatic imine (C=N–C) groups is 3. The molecule has 0 atom stereocenters. The minimum absolute atomic E-state index is 0.0512. The van der Waals surface area contributed by atoms with Gasteiger partial charge in [0.1, 0.15) is 62.8 Å². The summed E-state index contributed by atoms with van der Waals surface area (Å²) in [6, 6.07) is 51.7. The number of amides is 3. The first-order valence-corrected chi connectivity index (χ1v) is 35.3. The molecule has 1 aliphatic carbocycles. The van der Waals surface area contributed by atoms with Gasteiger partial charge in [0, 0.05) is 11.1 Å². The van der Waals surface area contributed by atoms with Crippen molar-refractivity contribution >= 4 is 110 Å². The molecular formula is C77H67ClF2N6O11S3. The van der Waals surface area contributed by atoms with E-state index in [1.54, 1.807) is 73.7 Å². The average molecular weight is 1420 g/mol. The molecular weight excluding hydrogens is 1350 g/mol. The van der Waals surface area contributed by atoms with Crippen molar-refractivity contribution < 1.29 is 61.1 Å². The molecule has 3 saturated heterocycles. The predicted octanol–water partition coefficient (Wildman–Crippen LogP) is 16.5. The highest BCUT2D eigenvalue weighted by Crippen LogP contribution is 2.43. The van der Waals surface area contributed by atoms with Gasteiger partial charge in [-0.2, -0.15) is 0 Å². The van der Waals surface area contributed by atoms with E-state index in [9.17, 15) is 23.2 Å². The van der Waals surface area contributed by atoms with Crippen LogP contribution in [0.2, 0.25) is 5.02 Å². The van der Waals surface area contributed by atoms with Crippen LogP contribution in [0.5, 0.6) is 46.0 Å². The number of hydrogen-bond acceptors (Lipinski definition) is 17. The lowest BCUT2D eigenvalue weighted by molar-refractivity contribution is -0.124. The highest BCUT2D eigenvalue weighted by Gasteiger charge is 2.40. The molecule has 510 valence electrons. The highest BCUT2D eigenvalue weighted by molar-refractivity contribution is 8.19. The Labute approximate surface area is 595 Å². The van der Waals surface area contributed by atoms with Gasteiger partial charge in [-0.25, -0.2) is 8.78 Å². The quantitative estimate of drug-likeness (QED) is 0.0941. The number of anilines is 2. The third-order valence-electron chi connectivity index (χ3n) is 16.6. The smallest absolute Gasteiger partial charge is 0.271 e. The van der Waals surface area contributed by atoms with Crippen LogP contribution >= 0.6 is 46.9 Å². The maximum Gasteiger partial charge on any atom is 0.271 e.